The summed E-state index contributed by atoms with van der Waals surface area (Å²) < 4.78 is 7.89. The molecule has 0 saturated carbocycles. The minimum atomic E-state index is -0.403. The van der Waals surface area contributed by atoms with Crippen LogP contribution in [0.5, 0.6) is 0 Å². The number of amides is 1. The number of anilines is 1. The lowest BCUT2D eigenvalue weighted by atomic mass is 10.2. The summed E-state index contributed by atoms with van der Waals surface area (Å²) in [6.07, 6.45) is 2.19. The second-order valence-electron chi connectivity index (χ2n) is 7.62. The van der Waals surface area contributed by atoms with Gasteiger partial charge in [0.05, 0.1) is 33.8 Å². The van der Waals surface area contributed by atoms with Gasteiger partial charge in [-0.25, -0.2) is 4.79 Å². The van der Waals surface area contributed by atoms with Crippen LogP contribution in [0.4, 0.5) is 5.69 Å². The molecule has 4 heterocycles. The third-order valence-corrected chi connectivity index (χ3v) is 7.25. The normalized spacial score (nSPS) is 17.1. The monoisotopic (exact) mass is 470 g/mol. The summed E-state index contributed by atoms with van der Waals surface area (Å²) in [4.78, 5) is 30.7. The number of nitrogens with zero attached hydrogens (tertiary/aromatic N) is 3. The molecule has 1 saturated heterocycles. The van der Waals surface area contributed by atoms with Crippen molar-refractivity contribution in [1.29, 1.82) is 0 Å². The number of H-pyrrole nitrogens is 2. The third-order valence-electron chi connectivity index (χ3n) is 5.30. The number of hydrogen-bond donors (Lipinski definition) is 3. The predicted octanol–water partition coefficient (Wildman–Crippen LogP) is 3.47. The third kappa shape index (κ3) is 4.36. The lowest BCUT2D eigenvalue weighted by Crippen LogP contribution is -2.23. The molecule has 0 bridgehead atoms. The summed E-state index contributed by atoms with van der Waals surface area (Å²) in [6.45, 7) is 3.28. The molecule has 0 unspecified atom stereocenters. The van der Waals surface area contributed by atoms with Crippen LogP contribution in [0, 0.1) is 0 Å². The van der Waals surface area contributed by atoms with Gasteiger partial charge in [-0.05, 0) is 49.4 Å². The Hall–Kier alpha value is -2.89. The van der Waals surface area contributed by atoms with E-state index in [1.54, 1.807) is 29.5 Å². The Morgan fingerprint density at radius 1 is 1.34 bits per heavy atom. The summed E-state index contributed by atoms with van der Waals surface area (Å²) in [5.41, 5.74) is 1.67. The Balaban J connectivity index is 1.33. The van der Waals surface area contributed by atoms with Crippen LogP contribution in [0.15, 0.2) is 45.7 Å². The maximum Gasteiger partial charge on any atom is 0.323 e. The van der Waals surface area contributed by atoms with Crippen molar-refractivity contribution < 1.29 is 9.53 Å². The fourth-order valence-corrected chi connectivity index (χ4v) is 5.26. The predicted molar refractivity (Wildman–Crippen MR) is 125 cm³/mol. The zero-order valence-corrected chi connectivity index (χ0v) is 19.0. The number of ether oxygens (including phenoxy) is 1. The van der Waals surface area contributed by atoms with Crippen LogP contribution < -0.4 is 11.0 Å². The van der Waals surface area contributed by atoms with Gasteiger partial charge in [-0.1, -0.05) is 17.8 Å². The average molecular weight is 471 g/mol. The SMILES string of the molecule is C[C@@H](Sc1nnc(-c2cccs2)n1C[C@H]1CCCO1)C(=O)Nc1ccc2[nH]c(=O)[nH]c2c1. The summed E-state index contributed by atoms with van der Waals surface area (Å²) in [5.74, 6) is 0.643. The average Bonchev–Trinajstić information content (AvgIpc) is 3.56. The second kappa shape index (κ2) is 8.93. The molecule has 2 atom stereocenters. The zero-order chi connectivity index (χ0) is 22.1. The summed E-state index contributed by atoms with van der Waals surface area (Å²) in [7, 11) is 0. The molecule has 0 radical (unpaired) electrons. The van der Waals surface area contributed by atoms with E-state index in [1.165, 1.54) is 11.8 Å². The maximum atomic E-state index is 12.9. The lowest BCUT2D eigenvalue weighted by molar-refractivity contribution is -0.115. The number of thioether (sulfide) groups is 1. The van der Waals surface area contributed by atoms with E-state index >= 15 is 0 Å². The highest BCUT2D eigenvalue weighted by Crippen LogP contribution is 2.31. The minimum Gasteiger partial charge on any atom is -0.376 e. The minimum absolute atomic E-state index is 0.128. The van der Waals surface area contributed by atoms with Gasteiger partial charge in [0.25, 0.3) is 0 Å². The number of rotatable bonds is 7. The number of imidazole rings is 1. The molecular formula is C21H22N6O3S2. The molecule has 166 valence electrons. The van der Waals surface area contributed by atoms with Crippen LogP contribution >= 0.6 is 23.1 Å². The van der Waals surface area contributed by atoms with Crippen LogP contribution in [-0.4, -0.2) is 48.6 Å². The van der Waals surface area contributed by atoms with Gasteiger partial charge in [0.1, 0.15) is 0 Å². The molecule has 0 aliphatic carbocycles. The molecule has 1 aliphatic rings. The van der Waals surface area contributed by atoms with Crippen molar-refractivity contribution >= 4 is 45.7 Å². The van der Waals surface area contributed by atoms with Gasteiger partial charge in [-0.2, -0.15) is 0 Å². The summed E-state index contributed by atoms with van der Waals surface area (Å²) in [5, 5.41) is 14.0. The maximum absolute atomic E-state index is 12.9. The number of thiophene rings is 1. The van der Waals surface area contributed by atoms with Crippen LogP contribution in [0.25, 0.3) is 21.7 Å². The highest BCUT2D eigenvalue weighted by atomic mass is 32.2. The fraction of sp³-hybridized carbons (Fsp3) is 0.333. The van der Waals surface area contributed by atoms with E-state index in [9.17, 15) is 9.59 Å². The van der Waals surface area contributed by atoms with Gasteiger partial charge >= 0.3 is 5.69 Å². The van der Waals surface area contributed by atoms with Crippen LogP contribution in [-0.2, 0) is 16.1 Å². The first kappa shape index (κ1) is 21.0. The van der Waals surface area contributed by atoms with Crippen molar-refractivity contribution in [2.45, 2.75) is 42.8 Å². The molecule has 3 aromatic heterocycles. The van der Waals surface area contributed by atoms with E-state index in [0.29, 0.717) is 28.4 Å². The number of nitrogens with one attached hydrogen (secondary N) is 3. The van der Waals surface area contributed by atoms with Crippen LogP contribution in [0.1, 0.15) is 19.8 Å². The Labute approximate surface area is 191 Å². The molecule has 32 heavy (non-hydrogen) atoms. The molecule has 5 rings (SSSR count). The molecule has 3 N–H and O–H groups in total. The molecule has 9 nitrogen and oxygen atoms in total. The van der Waals surface area contributed by atoms with E-state index < -0.39 is 5.25 Å². The standard InChI is InChI=1S/C21H22N6O3S2/c1-12(19(28)22-13-6-7-15-16(10-13)24-20(29)23-15)32-21-26-25-18(17-5-3-9-31-17)27(21)11-14-4-2-8-30-14/h3,5-7,9-10,12,14H,2,4,8,11H2,1H3,(H,22,28)(H2,23,24,29)/t12-,14-/m1/s1. The number of carbonyl (C=O) groups excluding carboxylic acids is 1. The largest absolute Gasteiger partial charge is 0.376 e. The number of aromatic nitrogens is 5. The first-order valence-electron chi connectivity index (χ1n) is 10.3. The molecule has 1 amide bonds. The first-order valence-corrected chi connectivity index (χ1v) is 12.1. The van der Waals surface area contributed by atoms with Crippen molar-refractivity contribution in [3.8, 4) is 10.7 Å². The molecule has 1 aromatic carbocycles. The Morgan fingerprint density at radius 2 is 2.22 bits per heavy atom. The van der Waals surface area contributed by atoms with E-state index in [4.69, 9.17) is 4.74 Å². The van der Waals surface area contributed by atoms with Crippen molar-refractivity contribution in [3.05, 3.63) is 46.2 Å². The lowest BCUT2D eigenvalue weighted by Gasteiger charge is -2.16. The fourth-order valence-electron chi connectivity index (χ4n) is 3.69. The number of hydrogen-bond acceptors (Lipinski definition) is 7. The van der Waals surface area contributed by atoms with Crippen LogP contribution in [0.2, 0.25) is 0 Å². The Morgan fingerprint density at radius 3 is 3.00 bits per heavy atom. The van der Waals surface area contributed by atoms with Crippen LogP contribution in [0.3, 0.4) is 0 Å². The number of benzene rings is 1. The van der Waals surface area contributed by atoms with E-state index in [2.05, 4.69) is 30.0 Å². The van der Waals surface area contributed by atoms with Gasteiger partial charge in [0, 0.05) is 12.3 Å². The summed E-state index contributed by atoms with van der Waals surface area (Å²) >= 11 is 2.98. The number of aromatic amines is 2. The summed E-state index contributed by atoms with van der Waals surface area (Å²) in [6, 6.07) is 9.26. The second-order valence-corrected chi connectivity index (χ2v) is 9.87. The zero-order valence-electron chi connectivity index (χ0n) is 17.3. The number of fused-ring (bicyclic) bond motifs is 1. The van der Waals surface area contributed by atoms with Crippen molar-refractivity contribution in [3.63, 3.8) is 0 Å². The highest BCUT2D eigenvalue weighted by Gasteiger charge is 2.25. The van der Waals surface area contributed by atoms with Crippen molar-refractivity contribution in [2.24, 2.45) is 0 Å². The quantitative estimate of drug-likeness (QED) is 0.356. The molecule has 11 heteroatoms. The van der Waals surface area contributed by atoms with E-state index in [0.717, 1.165) is 30.2 Å². The van der Waals surface area contributed by atoms with Gasteiger partial charge in [-0.15, -0.1) is 21.5 Å². The molecule has 4 aromatic rings. The van der Waals surface area contributed by atoms with Gasteiger partial charge in [0.2, 0.25) is 5.91 Å². The van der Waals surface area contributed by atoms with Gasteiger partial charge in [-0.3, -0.25) is 9.36 Å². The highest BCUT2D eigenvalue weighted by molar-refractivity contribution is 8.00. The number of carbonyl (C=O) groups is 1. The van der Waals surface area contributed by atoms with E-state index in [1.807, 2.05) is 24.4 Å². The smallest absolute Gasteiger partial charge is 0.323 e. The topological polar surface area (TPSA) is 118 Å². The first-order chi connectivity index (χ1) is 15.6. The molecule has 0 spiro atoms. The van der Waals surface area contributed by atoms with Crippen molar-refractivity contribution in [1.82, 2.24) is 24.7 Å². The molecular weight excluding hydrogens is 448 g/mol. The van der Waals surface area contributed by atoms with Gasteiger partial charge < -0.3 is 20.0 Å². The molecule has 1 fully saturated rings. The molecule has 1 aliphatic heterocycles. The van der Waals surface area contributed by atoms with Crippen molar-refractivity contribution in [2.75, 3.05) is 11.9 Å². The Bertz CT molecular complexity index is 1290. The van der Waals surface area contributed by atoms with Gasteiger partial charge in [0.15, 0.2) is 11.0 Å². The Kier molecular flexibility index (Phi) is 5.85. The van der Waals surface area contributed by atoms with E-state index in [-0.39, 0.29) is 17.7 Å².